The van der Waals surface area contributed by atoms with Gasteiger partial charge in [0.15, 0.2) is 5.76 Å². The van der Waals surface area contributed by atoms with Gasteiger partial charge in [-0.2, -0.15) is 21.6 Å². The largest absolute Gasteiger partial charge is 0.462 e. The first-order valence-electron chi connectivity index (χ1n) is 8.04. The van der Waals surface area contributed by atoms with E-state index in [2.05, 4.69) is 14.4 Å². The lowest BCUT2D eigenvalue weighted by molar-refractivity contribution is -0.155. The van der Waals surface area contributed by atoms with Gasteiger partial charge in [-0.25, -0.2) is 4.79 Å². The van der Waals surface area contributed by atoms with E-state index >= 15 is 0 Å². The number of aromatic nitrogens is 1. The molecule has 0 atom stereocenters. The molecule has 1 N–H and O–H groups in total. The average Bonchev–Trinajstić information content (AvgIpc) is 3.31. The standard InChI is InChI=1S/C17H13F3N2O6S/c1-2-26-16(23)10-4-3-5-11(8-10)22-29(24,25)15-7-6-13(27-15)12-9-14(28-21-12)17(18,19)20/h3-9,22H,2H2,1H3. The van der Waals surface area contributed by atoms with Gasteiger partial charge in [0, 0.05) is 11.8 Å². The van der Waals surface area contributed by atoms with Crippen molar-refractivity contribution in [2.24, 2.45) is 0 Å². The lowest BCUT2D eigenvalue weighted by atomic mass is 10.2. The number of halogens is 3. The predicted octanol–water partition coefficient (Wildman–Crippen LogP) is 3.93. The normalized spacial score (nSPS) is 12.0. The van der Waals surface area contributed by atoms with Crippen molar-refractivity contribution in [3.63, 3.8) is 0 Å². The number of nitrogens with zero attached hydrogens (tertiary/aromatic N) is 1. The van der Waals surface area contributed by atoms with Crippen LogP contribution in [-0.2, 0) is 20.9 Å². The predicted molar refractivity (Wildman–Crippen MR) is 92.4 cm³/mol. The zero-order valence-electron chi connectivity index (χ0n) is 14.7. The van der Waals surface area contributed by atoms with Gasteiger partial charge in [0.2, 0.25) is 10.9 Å². The van der Waals surface area contributed by atoms with Crippen LogP contribution in [0, 0.1) is 0 Å². The monoisotopic (exact) mass is 430 g/mol. The summed E-state index contributed by atoms with van der Waals surface area (Å²) >= 11 is 0. The van der Waals surface area contributed by atoms with E-state index in [1.165, 1.54) is 24.3 Å². The second-order valence-corrected chi connectivity index (χ2v) is 7.21. The number of benzene rings is 1. The van der Waals surface area contributed by atoms with Crippen molar-refractivity contribution in [2.75, 3.05) is 11.3 Å². The number of sulfonamides is 1. The van der Waals surface area contributed by atoms with E-state index in [-0.39, 0.29) is 29.3 Å². The summed E-state index contributed by atoms with van der Waals surface area (Å²) in [5.74, 6) is -2.20. The van der Waals surface area contributed by atoms with Gasteiger partial charge in [0.05, 0.1) is 12.2 Å². The molecule has 0 fully saturated rings. The van der Waals surface area contributed by atoms with Gasteiger partial charge in [-0.1, -0.05) is 11.2 Å². The maximum Gasteiger partial charge on any atom is 0.452 e. The highest BCUT2D eigenvalue weighted by Crippen LogP contribution is 2.33. The molecule has 12 heteroatoms. The molecule has 0 saturated carbocycles. The Labute approximate surface area is 162 Å². The average molecular weight is 430 g/mol. The van der Waals surface area contributed by atoms with Crippen molar-refractivity contribution in [2.45, 2.75) is 18.2 Å². The first-order chi connectivity index (χ1) is 13.6. The zero-order valence-corrected chi connectivity index (χ0v) is 15.5. The van der Waals surface area contributed by atoms with Gasteiger partial charge in [-0.3, -0.25) is 4.72 Å². The number of furan rings is 1. The minimum atomic E-state index is -4.74. The van der Waals surface area contributed by atoms with Crippen LogP contribution in [-0.4, -0.2) is 26.2 Å². The van der Waals surface area contributed by atoms with Crippen LogP contribution in [0.15, 0.2) is 56.5 Å². The summed E-state index contributed by atoms with van der Waals surface area (Å²) in [6.45, 7) is 1.79. The number of rotatable bonds is 6. The Bertz CT molecular complexity index is 1130. The van der Waals surface area contributed by atoms with Crippen molar-refractivity contribution in [3.05, 3.63) is 53.8 Å². The van der Waals surface area contributed by atoms with Crippen molar-refractivity contribution >= 4 is 21.7 Å². The topological polar surface area (TPSA) is 112 Å². The van der Waals surface area contributed by atoms with E-state index in [0.717, 1.165) is 12.1 Å². The third-order valence-electron chi connectivity index (χ3n) is 3.51. The van der Waals surface area contributed by atoms with Crippen LogP contribution in [0.25, 0.3) is 11.5 Å². The summed E-state index contributed by atoms with van der Waals surface area (Å²) in [6.07, 6.45) is -4.74. The Morgan fingerprint density at radius 1 is 1.21 bits per heavy atom. The number of hydrogen-bond acceptors (Lipinski definition) is 7. The molecule has 0 bridgehead atoms. The van der Waals surface area contributed by atoms with Gasteiger partial charge in [0.1, 0.15) is 5.69 Å². The summed E-state index contributed by atoms with van der Waals surface area (Å²) in [5, 5.41) is 2.66. The minimum absolute atomic E-state index is 0.0642. The fourth-order valence-electron chi connectivity index (χ4n) is 2.26. The van der Waals surface area contributed by atoms with Crippen LogP contribution < -0.4 is 4.72 Å². The van der Waals surface area contributed by atoms with Crippen LogP contribution in [0.3, 0.4) is 0 Å². The molecule has 8 nitrogen and oxygen atoms in total. The quantitative estimate of drug-likeness (QED) is 0.590. The number of carbonyl (C=O) groups is 1. The Kier molecular flexibility index (Phi) is 5.38. The molecule has 3 rings (SSSR count). The summed E-state index contributed by atoms with van der Waals surface area (Å²) in [5.41, 5.74) is -0.119. The molecule has 3 aromatic rings. The fraction of sp³-hybridized carbons (Fsp3) is 0.176. The molecule has 0 radical (unpaired) electrons. The Morgan fingerprint density at radius 3 is 2.62 bits per heavy atom. The Hall–Kier alpha value is -3.28. The molecule has 0 aliphatic rings. The smallest absolute Gasteiger partial charge is 0.452 e. The zero-order chi connectivity index (χ0) is 21.2. The second-order valence-electron chi connectivity index (χ2n) is 5.60. The minimum Gasteiger partial charge on any atom is -0.462 e. The Morgan fingerprint density at radius 2 is 1.97 bits per heavy atom. The SMILES string of the molecule is CCOC(=O)c1cccc(NS(=O)(=O)c2ccc(-c3cc(C(F)(F)F)on3)o2)c1. The lowest BCUT2D eigenvalue weighted by Gasteiger charge is -2.07. The molecule has 0 spiro atoms. The fourth-order valence-corrected chi connectivity index (χ4v) is 3.24. The van der Waals surface area contributed by atoms with E-state index in [0.29, 0.717) is 6.07 Å². The molecule has 0 aliphatic carbocycles. The first kappa shape index (κ1) is 20.5. The summed E-state index contributed by atoms with van der Waals surface area (Å²) in [7, 11) is -4.23. The van der Waals surface area contributed by atoms with Crippen molar-refractivity contribution < 1.29 is 40.1 Å². The number of ether oxygens (including phenoxy) is 1. The van der Waals surface area contributed by atoms with Crippen molar-refractivity contribution in [1.29, 1.82) is 0 Å². The number of anilines is 1. The Balaban J connectivity index is 1.82. The van der Waals surface area contributed by atoms with Gasteiger partial charge >= 0.3 is 12.1 Å². The number of nitrogens with one attached hydrogen (secondary N) is 1. The molecular weight excluding hydrogens is 417 g/mol. The van der Waals surface area contributed by atoms with Crippen LogP contribution >= 0.6 is 0 Å². The highest BCUT2D eigenvalue weighted by atomic mass is 32.2. The van der Waals surface area contributed by atoms with Crippen molar-refractivity contribution in [1.82, 2.24) is 5.16 Å². The molecule has 154 valence electrons. The third-order valence-corrected chi connectivity index (χ3v) is 4.77. The molecular formula is C17H13F3N2O6S. The van der Waals surface area contributed by atoms with E-state index < -0.39 is 33.0 Å². The van der Waals surface area contributed by atoms with Gasteiger partial charge < -0.3 is 13.7 Å². The maximum absolute atomic E-state index is 12.6. The van der Waals surface area contributed by atoms with Gasteiger partial charge in [0.25, 0.3) is 10.0 Å². The number of carbonyl (C=O) groups excluding carboxylic acids is 1. The summed E-state index contributed by atoms with van der Waals surface area (Å²) in [6, 6.07) is 8.35. The molecule has 0 saturated heterocycles. The van der Waals surface area contributed by atoms with Crippen LogP contribution in [0.5, 0.6) is 0 Å². The lowest BCUT2D eigenvalue weighted by Crippen LogP contribution is -2.13. The molecule has 1 aromatic carbocycles. The first-order valence-corrected chi connectivity index (χ1v) is 9.52. The van der Waals surface area contributed by atoms with Gasteiger partial charge in [-0.15, -0.1) is 0 Å². The molecule has 0 aliphatic heterocycles. The number of alkyl halides is 3. The number of hydrogen-bond donors (Lipinski definition) is 1. The second kappa shape index (κ2) is 7.62. The molecule has 29 heavy (non-hydrogen) atoms. The van der Waals surface area contributed by atoms with Crippen LogP contribution in [0.2, 0.25) is 0 Å². The van der Waals surface area contributed by atoms with Crippen LogP contribution in [0.1, 0.15) is 23.0 Å². The molecule has 0 unspecified atom stereocenters. The number of esters is 1. The van der Waals surface area contributed by atoms with E-state index in [1.54, 1.807) is 6.92 Å². The summed E-state index contributed by atoms with van der Waals surface area (Å²) < 4.78 is 79.1. The highest BCUT2D eigenvalue weighted by Gasteiger charge is 2.36. The highest BCUT2D eigenvalue weighted by molar-refractivity contribution is 7.92. The third kappa shape index (κ3) is 4.59. The van der Waals surface area contributed by atoms with Gasteiger partial charge in [-0.05, 0) is 37.3 Å². The maximum atomic E-state index is 12.6. The molecule has 0 amide bonds. The molecule has 2 aromatic heterocycles. The van der Waals surface area contributed by atoms with E-state index in [4.69, 9.17) is 9.15 Å². The van der Waals surface area contributed by atoms with E-state index in [1.807, 2.05) is 0 Å². The van der Waals surface area contributed by atoms with E-state index in [9.17, 15) is 26.4 Å². The van der Waals surface area contributed by atoms with Crippen molar-refractivity contribution in [3.8, 4) is 11.5 Å². The molecule has 2 heterocycles. The van der Waals surface area contributed by atoms with Crippen LogP contribution in [0.4, 0.5) is 18.9 Å². The summed E-state index contributed by atoms with van der Waals surface area (Å²) in [4.78, 5) is 11.8.